The van der Waals surface area contributed by atoms with Crippen LogP contribution < -0.4 is 0 Å². The molecule has 0 radical (unpaired) electrons. The Balaban J connectivity index is 3.51. The Morgan fingerprint density at radius 1 is 1.12 bits per heavy atom. The maximum Gasteiger partial charge on any atom is 0.189 e. The number of hydrogen-bond acceptors (Lipinski definition) is 3. The Kier molecular flexibility index (Phi) is 11.6. The lowest BCUT2D eigenvalue weighted by atomic mass is 10.1. The van der Waals surface area contributed by atoms with Crippen LogP contribution in [0.5, 0.6) is 0 Å². The van der Waals surface area contributed by atoms with Crippen LogP contribution in [0, 0.1) is 0 Å². The fourth-order valence-corrected chi connectivity index (χ4v) is 1.33. The van der Waals surface area contributed by atoms with Crippen LogP contribution >= 0.6 is 0 Å². The van der Waals surface area contributed by atoms with Gasteiger partial charge in [-0.2, -0.15) is 0 Å². The molecule has 3 heteroatoms. The maximum atomic E-state index is 10.6. The predicted octanol–water partition coefficient (Wildman–Crippen LogP) is 3.44. The van der Waals surface area contributed by atoms with Crippen molar-refractivity contribution in [2.75, 3.05) is 13.4 Å². The summed E-state index contributed by atoms with van der Waals surface area (Å²) in [5.74, 6) is 0.393. The molecule has 0 aromatic heterocycles. The fraction of sp³-hybridized carbons (Fsp3) is 0.769. The van der Waals surface area contributed by atoms with E-state index >= 15 is 0 Å². The standard InChI is InChI=1S/C13H24O3/c1-3-5-6-7-8-9-10-13(11-14)16-12-15-4-2/h10-11H,3-9,12H2,1-2H3. The molecular formula is C13H24O3. The van der Waals surface area contributed by atoms with Crippen molar-refractivity contribution in [3.05, 3.63) is 11.8 Å². The van der Waals surface area contributed by atoms with Gasteiger partial charge in [-0.05, 0) is 25.8 Å². The minimum Gasteiger partial charge on any atom is -0.464 e. The minimum atomic E-state index is 0.164. The number of hydrogen-bond donors (Lipinski definition) is 0. The maximum absolute atomic E-state index is 10.6. The van der Waals surface area contributed by atoms with Gasteiger partial charge in [0.25, 0.3) is 0 Å². The van der Waals surface area contributed by atoms with Gasteiger partial charge in [0.05, 0.1) is 0 Å². The zero-order chi connectivity index (χ0) is 12.1. The molecule has 0 bridgehead atoms. The van der Waals surface area contributed by atoms with E-state index in [4.69, 9.17) is 9.47 Å². The molecular weight excluding hydrogens is 204 g/mol. The highest BCUT2D eigenvalue weighted by molar-refractivity contribution is 5.69. The molecule has 0 N–H and O–H groups in total. The lowest BCUT2D eigenvalue weighted by molar-refractivity contribution is -0.110. The lowest BCUT2D eigenvalue weighted by Crippen LogP contribution is -2.00. The first-order chi connectivity index (χ1) is 7.85. The summed E-state index contributed by atoms with van der Waals surface area (Å²) in [6, 6.07) is 0. The van der Waals surface area contributed by atoms with E-state index in [2.05, 4.69) is 6.92 Å². The van der Waals surface area contributed by atoms with Crippen molar-refractivity contribution >= 4 is 6.29 Å². The van der Waals surface area contributed by atoms with Gasteiger partial charge in [0, 0.05) is 6.61 Å². The van der Waals surface area contributed by atoms with Crippen molar-refractivity contribution in [3.63, 3.8) is 0 Å². The number of unbranched alkanes of at least 4 members (excludes halogenated alkanes) is 5. The van der Waals surface area contributed by atoms with E-state index in [0.717, 1.165) is 19.1 Å². The van der Waals surface area contributed by atoms with E-state index < -0.39 is 0 Å². The Bertz CT molecular complexity index is 188. The molecule has 0 atom stereocenters. The SMILES string of the molecule is CCCCCCCC=C(C=O)OCOCC. The van der Waals surface area contributed by atoms with Crippen molar-refractivity contribution in [3.8, 4) is 0 Å². The van der Waals surface area contributed by atoms with Gasteiger partial charge in [-0.15, -0.1) is 0 Å². The topological polar surface area (TPSA) is 35.5 Å². The van der Waals surface area contributed by atoms with Crippen LogP contribution in [0.25, 0.3) is 0 Å². The molecule has 0 aliphatic carbocycles. The minimum absolute atomic E-state index is 0.164. The molecule has 0 unspecified atom stereocenters. The van der Waals surface area contributed by atoms with Gasteiger partial charge >= 0.3 is 0 Å². The van der Waals surface area contributed by atoms with Crippen molar-refractivity contribution in [1.29, 1.82) is 0 Å². The van der Waals surface area contributed by atoms with E-state index in [9.17, 15) is 4.79 Å². The summed E-state index contributed by atoms with van der Waals surface area (Å²) in [6.07, 6.45) is 9.67. The van der Waals surface area contributed by atoms with Crippen molar-refractivity contribution in [1.82, 2.24) is 0 Å². The van der Waals surface area contributed by atoms with Gasteiger partial charge in [0.2, 0.25) is 0 Å². The summed E-state index contributed by atoms with van der Waals surface area (Å²) in [5, 5.41) is 0. The fourth-order valence-electron chi connectivity index (χ4n) is 1.33. The average molecular weight is 228 g/mol. The van der Waals surface area contributed by atoms with E-state index in [1.807, 2.05) is 13.0 Å². The molecule has 0 spiro atoms. The number of rotatable bonds is 11. The molecule has 0 rings (SSSR count). The first-order valence-corrected chi connectivity index (χ1v) is 6.21. The molecule has 0 heterocycles. The summed E-state index contributed by atoms with van der Waals surface area (Å²) in [6.45, 7) is 4.85. The van der Waals surface area contributed by atoms with Crippen molar-refractivity contribution in [2.45, 2.75) is 52.4 Å². The second-order valence-electron chi connectivity index (χ2n) is 3.68. The highest BCUT2D eigenvalue weighted by Crippen LogP contribution is 2.07. The molecule has 94 valence electrons. The number of aldehydes is 1. The van der Waals surface area contributed by atoms with Gasteiger partial charge in [-0.25, -0.2) is 0 Å². The molecule has 0 aliphatic heterocycles. The number of ether oxygens (including phenoxy) is 2. The molecule has 0 amide bonds. The molecule has 0 aromatic carbocycles. The largest absolute Gasteiger partial charge is 0.464 e. The summed E-state index contributed by atoms with van der Waals surface area (Å²) in [7, 11) is 0. The Hall–Kier alpha value is -0.830. The van der Waals surface area contributed by atoms with Gasteiger partial charge in [0.15, 0.2) is 18.8 Å². The molecule has 0 saturated carbocycles. The predicted molar refractivity (Wildman–Crippen MR) is 65.1 cm³/mol. The van der Waals surface area contributed by atoms with E-state index in [-0.39, 0.29) is 6.79 Å². The van der Waals surface area contributed by atoms with Crippen LogP contribution in [0.3, 0.4) is 0 Å². The van der Waals surface area contributed by atoms with Gasteiger partial charge < -0.3 is 9.47 Å². The van der Waals surface area contributed by atoms with Crippen molar-refractivity contribution in [2.24, 2.45) is 0 Å². The summed E-state index contributed by atoms with van der Waals surface area (Å²) in [4.78, 5) is 10.6. The first kappa shape index (κ1) is 15.2. The monoisotopic (exact) mass is 228 g/mol. The van der Waals surface area contributed by atoms with Gasteiger partial charge in [-0.1, -0.05) is 32.6 Å². The highest BCUT2D eigenvalue weighted by atomic mass is 16.7. The Morgan fingerprint density at radius 3 is 2.50 bits per heavy atom. The third-order valence-electron chi connectivity index (χ3n) is 2.28. The van der Waals surface area contributed by atoms with E-state index in [1.54, 1.807) is 0 Å². The Morgan fingerprint density at radius 2 is 1.88 bits per heavy atom. The van der Waals surface area contributed by atoms with Crippen molar-refractivity contribution < 1.29 is 14.3 Å². The zero-order valence-electron chi connectivity index (χ0n) is 10.5. The third-order valence-corrected chi connectivity index (χ3v) is 2.28. The van der Waals surface area contributed by atoms with Crippen LogP contribution in [0.2, 0.25) is 0 Å². The highest BCUT2D eigenvalue weighted by Gasteiger charge is 1.95. The van der Waals surface area contributed by atoms with Crippen LogP contribution in [0.1, 0.15) is 52.4 Å². The number of carbonyl (C=O) groups is 1. The smallest absolute Gasteiger partial charge is 0.189 e. The van der Waals surface area contributed by atoms with Crippen LogP contribution in [0.15, 0.2) is 11.8 Å². The Labute approximate surface area is 98.8 Å². The zero-order valence-corrected chi connectivity index (χ0v) is 10.5. The van der Waals surface area contributed by atoms with Gasteiger partial charge in [0.1, 0.15) is 0 Å². The molecule has 0 fully saturated rings. The normalized spacial score (nSPS) is 11.5. The first-order valence-electron chi connectivity index (χ1n) is 6.21. The molecule has 3 nitrogen and oxygen atoms in total. The van der Waals surface area contributed by atoms with E-state index in [1.165, 1.54) is 25.7 Å². The van der Waals surface area contributed by atoms with Crippen LogP contribution in [-0.4, -0.2) is 19.7 Å². The molecule has 0 saturated heterocycles. The summed E-state index contributed by atoms with van der Waals surface area (Å²) in [5.41, 5.74) is 0. The average Bonchev–Trinajstić information content (AvgIpc) is 2.31. The number of allylic oxidation sites excluding steroid dienone is 2. The number of carbonyl (C=O) groups excluding carboxylic acids is 1. The van der Waals surface area contributed by atoms with Gasteiger partial charge in [-0.3, -0.25) is 4.79 Å². The van der Waals surface area contributed by atoms with Crippen LogP contribution in [0.4, 0.5) is 0 Å². The summed E-state index contributed by atoms with van der Waals surface area (Å²) < 4.78 is 10.1. The summed E-state index contributed by atoms with van der Waals surface area (Å²) >= 11 is 0. The third kappa shape index (κ3) is 9.71. The molecule has 16 heavy (non-hydrogen) atoms. The van der Waals surface area contributed by atoms with Crippen LogP contribution in [-0.2, 0) is 14.3 Å². The quantitative estimate of drug-likeness (QED) is 0.179. The molecule has 0 aliphatic rings. The second kappa shape index (κ2) is 12.2. The second-order valence-corrected chi connectivity index (χ2v) is 3.68. The molecule has 0 aromatic rings. The lowest BCUT2D eigenvalue weighted by Gasteiger charge is -2.04. The van der Waals surface area contributed by atoms with E-state index in [0.29, 0.717) is 12.4 Å².